The first-order chi connectivity index (χ1) is 8.13. The van der Waals surface area contributed by atoms with Crippen molar-refractivity contribution in [3.8, 4) is 0 Å². The summed E-state index contributed by atoms with van der Waals surface area (Å²) in [7, 11) is 0. The van der Waals surface area contributed by atoms with Gasteiger partial charge in [0.25, 0.3) is 0 Å². The fraction of sp³-hybridized carbons (Fsp3) is 0.667. The van der Waals surface area contributed by atoms with E-state index in [0.717, 1.165) is 19.3 Å². The number of carbonyl (C=O) groups is 2. The molecule has 0 aromatic heterocycles. The number of hydrogen-bond acceptors (Lipinski definition) is 3. The number of urea groups is 1. The van der Waals surface area contributed by atoms with E-state index in [4.69, 9.17) is 0 Å². The second-order valence-corrected chi connectivity index (χ2v) is 4.22. The molecule has 0 radical (unpaired) electrons. The number of imide groups is 1. The number of carbonyl (C=O) groups excluding carboxylic acids is 2. The van der Waals surface area contributed by atoms with Crippen molar-refractivity contribution in [3.05, 3.63) is 12.2 Å². The second-order valence-electron chi connectivity index (χ2n) is 4.22. The highest BCUT2D eigenvalue weighted by Gasteiger charge is 2.19. The SMILES string of the molecule is CCNC(=O)NC(=O)C(C)NC1CC=CCC1. The van der Waals surface area contributed by atoms with Gasteiger partial charge in [0.2, 0.25) is 5.91 Å². The molecule has 0 saturated heterocycles. The summed E-state index contributed by atoms with van der Waals surface area (Å²) >= 11 is 0. The Bertz CT molecular complexity index is 302. The predicted molar refractivity (Wildman–Crippen MR) is 66.6 cm³/mol. The molecule has 3 N–H and O–H groups in total. The lowest BCUT2D eigenvalue weighted by atomic mass is 10.0. The second kappa shape index (κ2) is 7.06. The molecule has 96 valence electrons. The van der Waals surface area contributed by atoms with E-state index in [1.807, 2.05) is 0 Å². The molecule has 1 aliphatic carbocycles. The summed E-state index contributed by atoms with van der Waals surface area (Å²) in [6, 6.07) is -0.459. The fourth-order valence-corrected chi connectivity index (χ4v) is 1.80. The molecule has 5 nitrogen and oxygen atoms in total. The van der Waals surface area contributed by atoms with Gasteiger partial charge in [0, 0.05) is 12.6 Å². The smallest absolute Gasteiger partial charge is 0.321 e. The molecule has 2 atom stereocenters. The molecule has 1 aliphatic rings. The van der Waals surface area contributed by atoms with Crippen molar-refractivity contribution < 1.29 is 9.59 Å². The summed E-state index contributed by atoms with van der Waals surface area (Å²) in [5.74, 6) is -0.287. The third kappa shape index (κ3) is 4.99. The third-order valence-electron chi connectivity index (χ3n) is 2.72. The molecule has 2 unspecified atom stereocenters. The number of allylic oxidation sites excluding steroid dienone is 1. The van der Waals surface area contributed by atoms with Crippen LogP contribution in [0.4, 0.5) is 4.79 Å². The molecule has 0 heterocycles. The number of hydrogen-bond donors (Lipinski definition) is 3. The average molecular weight is 239 g/mol. The minimum atomic E-state index is -0.435. The Morgan fingerprint density at radius 1 is 1.41 bits per heavy atom. The van der Waals surface area contributed by atoms with Crippen molar-refractivity contribution in [2.45, 2.75) is 45.2 Å². The van der Waals surface area contributed by atoms with E-state index in [-0.39, 0.29) is 11.9 Å². The van der Waals surface area contributed by atoms with E-state index in [2.05, 4.69) is 28.1 Å². The van der Waals surface area contributed by atoms with Crippen LogP contribution in [0.2, 0.25) is 0 Å². The molecule has 3 amide bonds. The van der Waals surface area contributed by atoms with Crippen molar-refractivity contribution >= 4 is 11.9 Å². The van der Waals surface area contributed by atoms with Gasteiger partial charge in [-0.15, -0.1) is 0 Å². The number of rotatable bonds is 4. The summed E-state index contributed by atoms with van der Waals surface area (Å²) < 4.78 is 0. The maximum absolute atomic E-state index is 11.6. The maximum Gasteiger partial charge on any atom is 0.321 e. The van der Waals surface area contributed by atoms with Gasteiger partial charge in [0.05, 0.1) is 6.04 Å². The van der Waals surface area contributed by atoms with Crippen LogP contribution in [0.3, 0.4) is 0 Å². The molecule has 0 aromatic carbocycles. The van der Waals surface area contributed by atoms with Gasteiger partial charge < -0.3 is 10.6 Å². The van der Waals surface area contributed by atoms with E-state index in [0.29, 0.717) is 12.6 Å². The van der Waals surface area contributed by atoms with Crippen LogP contribution >= 0.6 is 0 Å². The lowest BCUT2D eigenvalue weighted by molar-refractivity contribution is -0.121. The van der Waals surface area contributed by atoms with Crippen LogP contribution in [0.1, 0.15) is 33.1 Å². The van der Waals surface area contributed by atoms with Crippen LogP contribution < -0.4 is 16.0 Å². The standard InChI is InChI=1S/C12H21N3O2/c1-3-13-12(17)15-11(16)9(2)14-10-7-5-4-6-8-10/h4-5,9-10,14H,3,6-8H2,1-2H3,(H2,13,15,16,17). The van der Waals surface area contributed by atoms with E-state index in [1.165, 1.54) is 0 Å². The zero-order valence-electron chi connectivity index (χ0n) is 10.5. The topological polar surface area (TPSA) is 70.2 Å². The van der Waals surface area contributed by atoms with Gasteiger partial charge in [-0.25, -0.2) is 4.79 Å². The Morgan fingerprint density at radius 2 is 2.18 bits per heavy atom. The van der Waals surface area contributed by atoms with Crippen molar-refractivity contribution in [3.63, 3.8) is 0 Å². The van der Waals surface area contributed by atoms with Gasteiger partial charge in [0.1, 0.15) is 0 Å². The van der Waals surface area contributed by atoms with Gasteiger partial charge in [-0.1, -0.05) is 12.2 Å². The van der Waals surface area contributed by atoms with Crippen LogP contribution in [-0.4, -0.2) is 30.6 Å². The average Bonchev–Trinajstić information content (AvgIpc) is 2.30. The molecular formula is C12H21N3O2. The van der Waals surface area contributed by atoms with Crippen molar-refractivity contribution in [2.75, 3.05) is 6.54 Å². The van der Waals surface area contributed by atoms with Gasteiger partial charge in [-0.05, 0) is 33.1 Å². The molecule has 0 saturated carbocycles. The highest BCUT2D eigenvalue weighted by Crippen LogP contribution is 2.10. The van der Waals surface area contributed by atoms with E-state index in [1.54, 1.807) is 13.8 Å². The zero-order chi connectivity index (χ0) is 12.7. The minimum Gasteiger partial charge on any atom is -0.338 e. The molecule has 0 spiro atoms. The van der Waals surface area contributed by atoms with E-state index < -0.39 is 6.03 Å². The predicted octanol–water partition coefficient (Wildman–Crippen LogP) is 0.919. The molecule has 5 heteroatoms. The first-order valence-corrected chi connectivity index (χ1v) is 6.13. The fourth-order valence-electron chi connectivity index (χ4n) is 1.80. The Labute approximate surface area is 102 Å². The lowest BCUT2D eigenvalue weighted by Gasteiger charge is -2.23. The third-order valence-corrected chi connectivity index (χ3v) is 2.72. The monoisotopic (exact) mass is 239 g/mol. The normalized spacial score (nSPS) is 20.7. The van der Waals surface area contributed by atoms with Crippen molar-refractivity contribution in [1.29, 1.82) is 0 Å². The van der Waals surface area contributed by atoms with E-state index in [9.17, 15) is 9.59 Å². The highest BCUT2D eigenvalue weighted by atomic mass is 16.2. The summed E-state index contributed by atoms with van der Waals surface area (Å²) in [6.45, 7) is 4.08. The Morgan fingerprint density at radius 3 is 2.76 bits per heavy atom. The van der Waals surface area contributed by atoms with Crippen LogP contribution in [0.15, 0.2) is 12.2 Å². The summed E-state index contributed by atoms with van der Waals surface area (Å²) in [5.41, 5.74) is 0. The maximum atomic E-state index is 11.6. The molecule has 17 heavy (non-hydrogen) atoms. The molecule has 0 bridgehead atoms. The number of amides is 3. The van der Waals surface area contributed by atoms with Gasteiger partial charge >= 0.3 is 6.03 Å². The molecule has 0 fully saturated rings. The first kappa shape index (κ1) is 13.7. The van der Waals surface area contributed by atoms with Crippen LogP contribution in [0, 0.1) is 0 Å². The van der Waals surface area contributed by atoms with E-state index >= 15 is 0 Å². The Hall–Kier alpha value is -1.36. The van der Waals surface area contributed by atoms with Crippen molar-refractivity contribution in [2.24, 2.45) is 0 Å². The van der Waals surface area contributed by atoms with Crippen LogP contribution in [-0.2, 0) is 4.79 Å². The lowest BCUT2D eigenvalue weighted by Crippen LogP contribution is -2.50. The Kier molecular flexibility index (Phi) is 5.69. The quantitative estimate of drug-likeness (QED) is 0.639. The van der Waals surface area contributed by atoms with Crippen LogP contribution in [0.25, 0.3) is 0 Å². The van der Waals surface area contributed by atoms with Crippen molar-refractivity contribution in [1.82, 2.24) is 16.0 Å². The first-order valence-electron chi connectivity index (χ1n) is 6.13. The van der Waals surface area contributed by atoms with Gasteiger partial charge in [0.15, 0.2) is 0 Å². The van der Waals surface area contributed by atoms with Gasteiger partial charge in [-0.2, -0.15) is 0 Å². The highest BCUT2D eigenvalue weighted by molar-refractivity contribution is 5.96. The molecule has 0 aliphatic heterocycles. The zero-order valence-corrected chi connectivity index (χ0v) is 10.5. The summed E-state index contributed by atoms with van der Waals surface area (Å²) in [4.78, 5) is 22.8. The minimum absolute atomic E-state index is 0.287. The van der Waals surface area contributed by atoms with Gasteiger partial charge in [-0.3, -0.25) is 10.1 Å². The largest absolute Gasteiger partial charge is 0.338 e. The molecular weight excluding hydrogens is 218 g/mol. The summed E-state index contributed by atoms with van der Waals surface area (Å²) in [6.07, 6.45) is 7.30. The molecule has 1 rings (SSSR count). The van der Waals surface area contributed by atoms with Crippen LogP contribution in [0.5, 0.6) is 0 Å². The molecule has 0 aromatic rings. The Balaban J connectivity index is 2.30. The summed E-state index contributed by atoms with van der Waals surface area (Å²) in [5, 5.41) is 8.05. The number of nitrogens with one attached hydrogen (secondary N) is 3.